The van der Waals surface area contributed by atoms with E-state index in [0.717, 1.165) is 39.1 Å². The predicted molar refractivity (Wildman–Crippen MR) is 116 cm³/mol. The summed E-state index contributed by atoms with van der Waals surface area (Å²) in [6.45, 7) is 12.0. The summed E-state index contributed by atoms with van der Waals surface area (Å²) in [6, 6.07) is 7.08. The fraction of sp³-hybridized carbons (Fsp3) is 0.636. The number of para-hydroxylation sites is 1. The van der Waals surface area contributed by atoms with Gasteiger partial charge in [0.15, 0.2) is 0 Å². The minimum absolute atomic E-state index is 0.0188. The number of nitrogens with one attached hydrogen (secondary N) is 3. The Morgan fingerprint density at radius 2 is 1.76 bits per heavy atom. The summed E-state index contributed by atoms with van der Waals surface area (Å²) in [5, 5.41) is 8.67. The Labute approximate surface area is 174 Å². The molecule has 0 bridgehead atoms. The highest BCUT2D eigenvalue weighted by molar-refractivity contribution is 6.03. The van der Waals surface area contributed by atoms with Gasteiger partial charge in [-0.2, -0.15) is 0 Å². The third-order valence-electron chi connectivity index (χ3n) is 5.42. The molecular weight excluding hydrogens is 368 g/mol. The highest BCUT2D eigenvalue weighted by Gasteiger charge is 2.27. The normalized spacial score (nSPS) is 15.9. The molecule has 1 aliphatic rings. The van der Waals surface area contributed by atoms with Crippen LogP contribution in [0.25, 0.3) is 0 Å². The van der Waals surface area contributed by atoms with Crippen LogP contribution in [0.15, 0.2) is 24.3 Å². The van der Waals surface area contributed by atoms with Crippen LogP contribution in [0.2, 0.25) is 0 Å². The number of urea groups is 1. The summed E-state index contributed by atoms with van der Waals surface area (Å²) in [5.74, 6) is 0.341. The molecule has 1 aromatic rings. The maximum atomic E-state index is 12.9. The number of hydrogen-bond acceptors (Lipinski definition) is 4. The second kappa shape index (κ2) is 11.8. The fourth-order valence-electron chi connectivity index (χ4n) is 3.84. The van der Waals surface area contributed by atoms with E-state index in [9.17, 15) is 9.59 Å². The molecule has 3 amide bonds. The fourth-order valence-corrected chi connectivity index (χ4v) is 3.84. The van der Waals surface area contributed by atoms with Crippen molar-refractivity contribution in [2.75, 3.05) is 38.2 Å². The van der Waals surface area contributed by atoms with Gasteiger partial charge in [0.05, 0.1) is 24.5 Å². The van der Waals surface area contributed by atoms with Crippen LogP contribution in [-0.4, -0.2) is 61.8 Å². The zero-order valence-corrected chi connectivity index (χ0v) is 18.2. The molecule has 3 N–H and O–H groups in total. The minimum atomic E-state index is -0.316. The SMILES string of the molecule is CCC(CC)C(CNC(=O)c1ccccc1NC(=O)NC(C)C)N1CCOCC1. The number of rotatable bonds is 9. The Bertz CT molecular complexity index is 655. The van der Waals surface area contributed by atoms with Crippen LogP contribution in [0.1, 0.15) is 50.9 Å². The quantitative estimate of drug-likeness (QED) is 0.591. The van der Waals surface area contributed by atoms with Gasteiger partial charge >= 0.3 is 6.03 Å². The monoisotopic (exact) mass is 404 g/mol. The molecule has 1 heterocycles. The largest absolute Gasteiger partial charge is 0.379 e. The molecule has 0 aliphatic carbocycles. The summed E-state index contributed by atoms with van der Waals surface area (Å²) in [6.07, 6.45) is 2.14. The third-order valence-corrected chi connectivity index (χ3v) is 5.42. The Balaban J connectivity index is 2.06. The Kier molecular flexibility index (Phi) is 9.41. The first kappa shape index (κ1) is 23.2. The van der Waals surface area contributed by atoms with E-state index in [1.54, 1.807) is 18.2 Å². The number of hydrogen-bond donors (Lipinski definition) is 3. The maximum absolute atomic E-state index is 12.9. The second-order valence-corrected chi connectivity index (χ2v) is 7.80. The number of carbonyl (C=O) groups excluding carboxylic acids is 2. The van der Waals surface area contributed by atoms with E-state index in [1.165, 1.54) is 0 Å². The number of carbonyl (C=O) groups is 2. The molecule has 0 aromatic heterocycles. The summed E-state index contributed by atoms with van der Waals surface area (Å²) >= 11 is 0. The first-order valence-corrected chi connectivity index (χ1v) is 10.7. The molecule has 2 rings (SSSR count). The first-order valence-electron chi connectivity index (χ1n) is 10.7. The van der Waals surface area contributed by atoms with Crippen molar-refractivity contribution in [2.45, 2.75) is 52.6 Å². The van der Waals surface area contributed by atoms with Crippen LogP contribution in [0.4, 0.5) is 10.5 Å². The van der Waals surface area contributed by atoms with Gasteiger partial charge in [-0.1, -0.05) is 38.8 Å². The highest BCUT2D eigenvalue weighted by Crippen LogP contribution is 2.20. The zero-order valence-electron chi connectivity index (χ0n) is 18.2. The second-order valence-electron chi connectivity index (χ2n) is 7.80. The van der Waals surface area contributed by atoms with Crippen LogP contribution in [0.3, 0.4) is 0 Å². The molecule has 162 valence electrons. The lowest BCUT2D eigenvalue weighted by Gasteiger charge is -2.38. The number of morpholine rings is 1. The highest BCUT2D eigenvalue weighted by atomic mass is 16.5. The average molecular weight is 405 g/mol. The molecule has 29 heavy (non-hydrogen) atoms. The summed E-state index contributed by atoms with van der Waals surface area (Å²) < 4.78 is 5.50. The minimum Gasteiger partial charge on any atom is -0.379 e. The van der Waals surface area contributed by atoms with Crippen molar-refractivity contribution in [3.05, 3.63) is 29.8 Å². The van der Waals surface area contributed by atoms with E-state index in [2.05, 4.69) is 34.7 Å². The lowest BCUT2D eigenvalue weighted by Crippen LogP contribution is -2.52. The lowest BCUT2D eigenvalue weighted by atomic mass is 9.92. The summed E-state index contributed by atoms with van der Waals surface area (Å²) in [7, 11) is 0. The van der Waals surface area contributed by atoms with Crippen molar-refractivity contribution in [3.63, 3.8) is 0 Å². The molecule has 0 saturated carbocycles. The van der Waals surface area contributed by atoms with Crippen LogP contribution in [0, 0.1) is 5.92 Å². The molecule has 1 atom stereocenters. The van der Waals surface area contributed by atoms with Crippen molar-refractivity contribution in [3.8, 4) is 0 Å². The van der Waals surface area contributed by atoms with Crippen molar-refractivity contribution in [1.82, 2.24) is 15.5 Å². The molecule has 7 heteroatoms. The summed E-state index contributed by atoms with van der Waals surface area (Å²) in [5.41, 5.74) is 0.977. The molecule has 7 nitrogen and oxygen atoms in total. The van der Waals surface area contributed by atoms with E-state index in [4.69, 9.17) is 4.74 Å². The molecule has 0 spiro atoms. The van der Waals surface area contributed by atoms with Gasteiger partial charge in [-0.15, -0.1) is 0 Å². The number of nitrogens with zero attached hydrogens (tertiary/aromatic N) is 1. The Morgan fingerprint density at radius 1 is 1.10 bits per heavy atom. The molecule has 1 saturated heterocycles. The van der Waals surface area contributed by atoms with Gasteiger partial charge in [-0.25, -0.2) is 4.79 Å². The van der Waals surface area contributed by atoms with E-state index in [0.29, 0.717) is 23.7 Å². The average Bonchev–Trinajstić information content (AvgIpc) is 2.71. The van der Waals surface area contributed by atoms with E-state index in [-0.39, 0.29) is 24.0 Å². The molecule has 1 aliphatic heterocycles. The van der Waals surface area contributed by atoms with Crippen LogP contribution in [0.5, 0.6) is 0 Å². The third kappa shape index (κ3) is 7.01. The van der Waals surface area contributed by atoms with Gasteiger partial charge in [0, 0.05) is 31.7 Å². The van der Waals surface area contributed by atoms with E-state index in [1.807, 2.05) is 19.9 Å². The lowest BCUT2D eigenvalue weighted by molar-refractivity contribution is 0.00191. The number of anilines is 1. The first-order chi connectivity index (χ1) is 14.0. The van der Waals surface area contributed by atoms with Crippen LogP contribution in [-0.2, 0) is 4.74 Å². The van der Waals surface area contributed by atoms with Crippen molar-refractivity contribution in [1.29, 1.82) is 0 Å². The number of amides is 3. The molecular formula is C22H36N4O3. The van der Waals surface area contributed by atoms with Crippen LogP contribution < -0.4 is 16.0 Å². The van der Waals surface area contributed by atoms with Crippen molar-refractivity contribution < 1.29 is 14.3 Å². The molecule has 1 unspecified atom stereocenters. The van der Waals surface area contributed by atoms with Gasteiger partial charge in [0.2, 0.25) is 0 Å². The topological polar surface area (TPSA) is 82.7 Å². The van der Waals surface area contributed by atoms with Gasteiger partial charge < -0.3 is 20.7 Å². The number of benzene rings is 1. The van der Waals surface area contributed by atoms with E-state index >= 15 is 0 Å². The van der Waals surface area contributed by atoms with Crippen LogP contribution >= 0.6 is 0 Å². The maximum Gasteiger partial charge on any atom is 0.319 e. The zero-order chi connectivity index (χ0) is 21.2. The van der Waals surface area contributed by atoms with Gasteiger partial charge in [-0.3, -0.25) is 9.69 Å². The predicted octanol–water partition coefficient (Wildman–Crippen LogP) is 3.08. The standard InChI is InChI=1S/C22H36N4O3/c1-5-17(6-2)20(26-11-13-29-14-12-26)15-23-21(27)18-9-7-8-10-19(18)25-22(28)24-16(3)4/h7-10,16-17,20H,5-6,11-15H2,1-4H3,(H,23,27)(H2,24,25,28). The molecule has 0 radical (unpaired) electrons. The Morgan fingerprint density at radius 3 is 2.38 bits per heavy atom. The smallest absolute Gasteiger partial charge is 0.319 e. The van der Waals surface area contributed by atoms with Gasteiger partial charge in [0.25, 0.3) is 5.91 Å². The molecule has 1 fully saturated rings. The van der Waals surface area contributed by atoms with Gasteiger partial charge in [0.1, 0.15) is 0 Å². The van der Waals surface area contributed by atoms with E-state index < -0.39 is 0 Å². The number of ether oxygens (including phenoxy) is 1. The summed E-state index contributed by atoms with van der Waals surface area (Å²) in [4.78, 5) is 27.4. The Hall–Kier alpha value is -2.12. The van der Waals surface area contributed by atoms with Crippen molar-refractivity contribution >= 4 is 17.6 Å². The molecule has 1 aromatic carbocycles. The van der Waals surface area contributed by atoms with Gasteiger partial charge in [-0.05, 0) is 31.9 Å². The van der Waals surface area contributed by atoms with Crippen molar-refractivity contribution in [2.24, 2.45) is 5.92 Å².